The molecular formula is C13H10F2N2O. The summed E-state index contributed by atoms with van der Waals surface area (Å²) in [5.74, 6) is -1.34. The first-order valence-electron chi connectivity index (χ1n) is 5.70. The normalized spacial score (nSPS) is 14.7. The number of likely N-dealkylation sites (tertiary alicyclic amines) is 1. The number of hydrogen-bond acceptors (Lipinski definition) is 2. The van der Waals surface area contributed by atoms with Crippen LogP contribution in [-0.4, -0.2) is 28.9 Å². The number of benzene rings is 1. The van der Waals surface area contributed by atoms with E-state index in [0.29, 0.717) is 18.7 Å². The first-order valence-corrected chi connectivity index (χ1v) is 5.70. The molecule has 0 spiro atoms. The second-order valence-electron chi connectivity index (χ2n) is 4.30. The lowest BCUT2D eigenvalue weighted by molar-refractivity contribution is 0.0651. The molecule has 1 fully saturated rings. The molecule has 0 unspecified atom stereocenters. The number of nitrogens with zero attached hydrogens (tertiary/aromatic N) is 2. The minimum absolute atomic E-state index is 0.0429. The minimum Gasteiger partial charge on any atom is -0.338 e. The van der Waals surface area contributed by atoms with Gasteiger partial charge < -0.3 is 4.90 Å². The number of aromatic nitrogens is 1. The molecule has 2 heterocycles. The third-order valence-corrected chi connectivity index (χ3v) is 3.14. The van der Waals surface area contributed by atoms with Gasteiger partial charge in [0.1, 0.15) is 17.2 Å². The number of carbonyl (C=O) groups is 1. The highest BCUT2D eigenvalue weighted by molar-refractivity contribution is 5.97. The van der Waals surface area contributed by atoms with E-state index in [1.54, 1.807) is 4.90 Å². The van der Waals surface area contributed by atoms with Crippen LogP contribution in [0.25, 0.3) is 10.9 Å². The first kappa shape index (κ1) is 11.1. The van der Waals surface area contributed by atoms with Crippen molar-refractivity contribution < 1.29 is 13.6 Å². The smallest absolute Gasteiger partial charge is 0.255 e. The lowest BCUT2D eigenvalue weighted by atomic mass is 10.1. The third kappa shape index (κ3) is 1.63. The zero-order valence-corrected chi connectivity index (χ0v) is 9.49. The molecule has 1 saturated heterocycles. The van der Waals surface area contributed by atoms with E-state index in [4.69, 9.17) is 0 Å². The number of carbonyl (C=O) groups excluding carboxylic acids is 1. The predicted molar refractivity (Wildman–Crippen MR) is 62.2 cm³/mol. The van der Waals surface area contributed by atoms with Gasteiger partial charge in [-0.3, -0.25) is 9.78 Å². The van der Waals surface area contributed by atoms with Gasteiger partial charge in [-0.1, -0.05) is 0 Å². The Hall–Kier alpha value is -2.04. The lowest BCUT2D eigenvalue weighted by Crippen LogP contribution is -2.42. The van der Waals surface area contributed by atoms with Gasteiger partial charge >= 0.3 is 0 Å². The van der Waals surface area contributed by atoms with E-state index in [1.807, 2.05) is 0 Å². The Morgan fingerprint density at radius 3 is 2.61 bits per heavy atom. The first-order chi connectivity index (χ1) is 8.66. The van der Waals surface area contributed by atoms with Gasteiger partial charge in [-0.15, -0.1) is 0 Å². The van der Waals surface area contributed by atoms with E-state index in [0.717, 1.165) is 18.6 Å². The van der Waals surface area contributed by atoms with Crippen molar-refractivity contribution in [1.82, 2.24) is 9.88 Å². The lowest BCUT2D eigenvalue weighted by Gasteiger charge is -2.30. The van der Waals surface area contributed by atoms with Gasteiger partial charge in [0.05, 0.1) is 5.56 Å². The monoisotopic (exact) mass is 248 g/mol. The molecule has 1 aromatic carbocycles. The third-order valence-electron chi connectivity index (χ3n) is 3.14. The highest BCUT2D eigenvalue weighted by Crippen LogP contribution is 2.21. The van der Waals surface area contributed by atoms with Crippen molar-refractivity contribution in [2.45, 2.75) is 6.42 Å². The van der Waals surface area contributed by atoms with E-state index in [-0.39, 0.29) is 16.8 Å². The Kier molecular flexibility index (Phi) is 2.47. The molecule has 18 heavy (non-hydrogen) atoms. The highest BCUT2D eigenvalue weighted by Gasteiger charge is 2.22. The molecule has 0 N–H and O–H groups in total. The zero-order valence-electron chi connectivity index (χ0n) is 9.49. The molecule has 3 rings (SSSR count). The van der Waals surface area contributed by atoms with Crippen LogP contribution in [0.1, 0.15) is 16.8 Å². The largest absolute Gasteiger partial charge is 0.338 e. The highest BCUT2D eigenvalue weighted by atomic mass is 19.1. The summed E-state index contributed by atoms with van der Waals surface area (Å²) in [5, 5.41) is 0.0429. The second kappa shape index (κ2) is 4.01. The van der Waals surface area contributed by atoms with Crippen LogP contribution in [0, 0.1) is 11.6 Å². The summed E-state index contributed by atoms with van der Waals surface area (Å²) in [6, 6.07) is 3.43. The molecule has 92 valence electrons. The summed E-state index contributed by atoms with van der Waals surface area (Å²) >= 11 is 0. The van der Waals surface area contributed by atoms with E-state index in [2.05, 4.69) is 4.98 Å². The average Bonchev–Trinajstić information content (AvgIpc) is 2.31. The average molecular weight is 248 g/mol. The molecule has 1 aliphatic heterocycles. The second-order valence-corrected chi connectivity index (χ2v) is 4.30. The van der Waals surface area contributed by atoms with Gasteiger partial charge in [-0.25, -0.2) is 8.78 Å². The Bertz CT molecular complexity index is 638. The van der Waals surface area contributed by atoms with Crippen molar-refractivity contribution in [3.05, 3.63) is 41.6 Å². The van der Waals surface area contributed by atoms with Crippen molar-refractivity contribution in [2.75, 3.05) is 13.1 Å². The molecule has 2 aromatic rings. The summed E-state index contributed by atoms with van der Waals surface area (Å²) in [6.45, 7) is 1.42. The van der Waals surface area contributed by atoms with E-state index < -0.39 is 11.6 Å². The van der Waals surface area contributed by atoms with Crippen LogP contribution in [0.15, 0.2) is 24.4 Å². The molecule has 1 amide bonds. The zero-order chi connectivity index (χ0) is 12.7. The number of hydrogen-bond donors (Lipinski definition) is 0. The maximum Gasteiger partial charge on any atom is 0.255 e. The molecule has 0 saturated carbocycles. The van der Waals surface area contributed by atoms with E-state index in [9.17, 15) is 13.6 Å². The van der Waals surface area contributed by atoms with E-state index >= 15 is 0 Å². The predicted octanol–water partition coefficient (Wildman–Crippen LogP) is 2.36. The molecule has 0 bridgehead atoms. The summed E-state index contributed by atoms with van der Waals surface area (Å²) < 4.78 is 27.0. The van der Waals surface area contributed by atoms with Gasteiger partial charge in [-0.2, -0.15) is 0 Å². The Morgan fingerprint density at radius 1 is 1.22 bits per heavy atom. The summed E-state index contributed by atoms with van der Waals surface area (Å²) in [6.07, 6.45) is 2.28. The molecule has 0 atom stereocenters. The molecule has 3 nitrogen and oxygen atoms in total. The quantitative estimate of drug-likeness (QED) is 0.776. The Labute approximate surface area is 102 Å². The van der Waals surface area contributed by atoms with Crippen molar-refractivity contribution >= 4 is 16.8 Å². The standard InChI is InChI=1S/C13H10F2N2O/c14-10-2-3-11(15)12-9(10)6-8(7-16-12)13(18)17-4-1-5-17/h2-3,6-7H,1,4-5H2. The van der Waals surface area contributed by atoms with Gasteiger partial charge in [-0.05, 0) is 24.6 Å². The van der Waals surface area contributed by atoms with Crippen LogP contribution in [0.3, 0.4) is 0 Å². The fourth-order valence-electron chi connectivity index (χ4n) is 1.97. The fraction of sp³-hybridized carbons (Fsp3) is 0.231. The summed E-state index contributed by atoms with van der Waals surface area (Å²) in [5.41, 5.74) is 0.252. The van der Waals surface area contributed by atoms with Crippen molar-refractivity contribution in [1.29, 1.82) is 0 Å². The maximum absolute atomic E-state index is 13.6. The molecule has 5 heteroatoms. The molecule has 1 aliphatic rings. The van der Waals surface area contributed by atoms with Crippen molar-refractivity contribution in [3.8, 4) is 0 Å². The summed E-state index contributed by atoms with van der Waals surface area (Å²) in [7, 11) is 0. The van der Waals surface area contributed by atoms with Crippen LogP contribution >= 0.6 is 0 Å². The Morgan fingerprint density at radius 2 is 1.94 bits per heavy atom. The van der Waals surface area contributed by atoms with Crippen LogP contribution in [0.2, 0.25) is 0 Å². The SMILES string of the molecule is O=C(c1cnc2c(F)ccc(F)c2c1)N1CCC1. The van der Waals surface area contributed by atoms with Crippen LogP contribution in [0.4, 0.5) is 8.78 Å². The molecular weight excluding hydrogens is 238 g/mol. The van der Waals surface area contributed by atoms with Gasteiger partial charge in [0.2, 0.25) is 0 Å². The topological polar surface area (TPSA) is 33.2 Å². The van der Waals surface area contributed by atoms with Crippen LogP contribution < -0.4 is 0 Å². The Balaban J connectivity index is 2.10. The number of amides is 1. The van der Waals surface area contributed by atoms with Crippen LogP contribution in [-0.2, 0) is 0 Å². The maximum atomic E-state index is 13.6. The van der Waals surface area contributed by atoms with Crippen molar-refractivity contribution in [3.63, 3.8) is 0 Å². The summed E-state index contributed by atoms with van der Waals surface area (Å²) in [4.78, 5) is 17.4. The van der Waals surface area contributed by atoms with Crippen molar-refractivity contribution in [2.24, 2.45) is 0 Å². The number of rotatable bonds is 1. The van der Waals surface area contributed by atoms with E-state index in [1.165, 1.54) is 12.3 Å². The van der Waals surface area contributed by atoms with Gasteiger partial charge in [0, 0.05) is 24.7 Å². The number of pyridine rings is 1. The number of fused-ring (bicyclic) bond motifs is 1. The number of halogens is 2. The molecule has 1 aromatic heterocycles. The fourth-order valence-corrected chi connectivity index (χ4v) is 1.97. The molecule has 0 radical (unpaired) electrons. The minimum atomic E-state index is -0.589. The van der Waals surface area contributed by atoms with Crippen LogP contribution in [0.5, 0.6) is 0 Å². The van der Waals surface area contributed by atoms with Gasteiger partial charge in [0.15, 0.2) is 0 Å². The molecule has 0 aliphatic carbocycles. The van der Waals surface area contributed by atoms with Gasteiger partial charge in [0.25, 0.3) is 5.91 Å².